The number of pyridine rings is 1. The van der Waals surface area contributed by atoms with Crippen molar-refractivity contribution in [2.24, 2.45) is 4.99 Å². The van der Waals surface area contributed by atoms with Crippen LogP contribution >= 0.6 is 0 Å². The summed E-state index contributed by atoms with van der Waals surface area (Å²) in [5.41, 5.74) is 0.853. The summed E-state index contributed by atoms with van der Waals surface area (Å²) in [5, 5.41) is 0.346. The zero-order chi connectivity index (χ0) is 20.2. The molecule has 4 rings (SSSR count). The summed E-state index contributed by atoms with van der Waals surface area (Å²) in [7, 11) is 0. The highest BCUT2D eigenvalue weighted by Crippen LogP contribution is 2.06. The monoisotopic (exact) mass is 386 g/mol. The second-order valence-electron chi connectivity index (χ2n) is 6.54. The van der Waals surface area contributed by atoms with E-state index in [-0.39, 0.29) is 6.54 Å². The SMILES string of the molecule is O=C(Cn1c(=O)[nH]c(=O)c2ccccc21)N=c1ccccn1Cc1ccccc1. The largest absolute Gasteiger partial charge is 0.329 e. The quantitative estimate of drug-likeness (QED) is 0.579. The normalized spacial score (nSPS) is 11.7. The summed E-state index contributed by atoms with van der Waals surface area (Å²) in [4.78, 5) is 43.3. The predicted molar refractivity (Wildman–Crippen MR) is 109 cm³/mol. The molecule has 0 saturated heterocycles. The van der Waals surface area contributed by atoms with E-state index in [4.69, 9.17) is 0 Å². The van der Waals surface area contributed by atoms with Crippen LogP contribution in [-0.2, 0) is 17.9 Å². The lowest BCUT2D eigenvalue weighted by Crippen LogP contribution is -2.32. The Morgan fingerprint density at radius 3 is 2.45 bits per heavy atom. The van der Waals surface area contributed by atoms with E-state index in [1.54, 1.807) is 36.4 Å². The summed E-state index contributed by atoms with van der Waals surface area (Å²) in [6.07, 6.45) is 1.85. The number of para-hydroxylation sites is 1. The highest BCUT2D eigenvalue weighted by atomic mass is 16.2. The number of aromatic amines is 1. The third-order valence-corrected chi connectivity index (χ3v) is 4.55. The molecule has 29 heavy (non-hydrogen) atoms. The van der Waals surface area contributed by atoms with Crippen molar-refractivity contribution in [2.75, 3.05) is 0 Å². The summed E-state index contributed by atoms with van der Waals surface area (Å²) in [5.74, 6) is -0.489. The lowest BCUT2D eigenvalue weighted by atomic mass is 10.2. The average molecular weight is 386 g/mol. The van der Waals surface area contributed by atoms with Gasteiger partial charge in [-0.05, 0) is 29.8 Å². The van der Waals surface area contributed by atoms with E-state index >= 15 is 0 Å². The molecule has 144 valence electrons. The highest BCUT2D eigenvalue weighted by Gasteiger charge is 2.10. The van der Waals surface area contributed by atoms with Crippen molar-refractivity contribution in [2.45, 2.75) is 13.1 Å². The Bertz CT molecular complexity index is 1360. The summed E-state index contributed by atoms with van der Waals surface area (Å²) < 4.78 is 3.09. The molecule has 2 heterocycles. The number of rotatable bonds is 4. The number of amides is 1. The number of hydrogen-bond acceptors (Lipinski definition) is 3. The molecule has 0 aliphatic heterocycles. The first-order valence-electron chi connectivity index (χ1n) is 9.10. The van der Waals surface area contributed by atoms with Crippen LogP contribution < -0.4 is 16.7 Å². The van der Waals surface area contributed by atoms with Crippen LogP contribution in [0.1, 0.15) is 5.56 Å². The van der Waals surface area contributed by atoms with Crippen LogP contribution in [-0.4, -0.2) is 20.0 Å². The van der Waals surface area contributed by atoms with Gasteiger partial charge in [-0.1, -0.05) is 48.5 Å². The molecule has 0 spiro atoms. The summed E-state index contributed by atoms with van der Waals surface area (Å²) >= 11 is 0. The number of nitrogens with zero attached hydrogens (tertiary/aromatic N) is 3. The summed E-state index contributed by atoms with van der Waals surface area (Å²) in [6.45, 7) is 0.297. The van der Waals surface area contributed by atoms with Gasteiger partial charge in [0.25, 0.3) is 11.5 Å². The molecule has 0 atom stereocenters. The molecule has 0 aliphatic rings. The molecule has 0 aliphatic carbocycles. The molecule has 2 aromatic heterocycles. The fourth-order valence-electron chi connectivity index (χ4n) is 3.18. The van der Waals surface area contributed by atoms with Gasteiger partial charge in [0.05, 0.1) is 10.9 Å². The van der Waals surface area contributed by atoms with Crippen LogP contribution in [0.2, 0.25) is 0 Å². The van der Waals surface area contributed by atoms with Crippen molar-refractivity contribution in [3.63, 3.8) is 0 Å². The zero-order valence-corrected chi connectivity index (χ0v) is 15.5. The first kappa shape index (κ1) is 18.4. The van der Waals surface area contributed by atoms with Gasteiger partial charge < -0.3 is 4.57 Å². The Morgan fingerprint density at radius 2 is 1.62 bits per heavy atom. The standard InChI is InChI=1S/C22H18N4O3/c27-20(15-26-18-11-5-4-10-17(18)21(28)24-22(26)29)23-19-12-6-7-13-25(19)14-16-8-2-1-3-9-16/h1-13H,14-15H2,(H,24,28,29). The molecule has 1 N–H and O–H groups in total. The molecule has 7 nitrogen and oxygen atoms in total. The van der Waals surface area contributed by atoms with Gasteiger partial charge in [0.15, 0.2) is 0 Å². The smallest absolute Gasteiger partial charge is 0.328 e. The van der Waals surface area contributed by atoms with Gasteiger partial charge in [-0.25, -0.2) is 4.79 Å². The lowest BCUT2D eigenvalue weighted by Gasteiger charge is -2.09. The van der Waals surface area contributed by atoms with E-state index in [9.17, 15) is 14.4 Å². The number of nitrogens with one attached hydrogen (secondary N) is 1. The van der Waals surface area contributed by atoms with E-state index in [0.29, 0.717) is 22.9 Å². The fourth-order valence-corrected chi connectivity index (χ4v) is 3.18. The number of hydrogen-bond donors (Lipinski definition) is 1. The van der Waals surface area contributed by atoms with Gasteiger partial charge in [-0.15, -0.1) is 0 Å². The van der Waals surface area contributed by atoms with Gasteiger partial charge in [-0.2, -0.15) is 4.99 Å². The van der Waals surface area contributed by atoms with Crippen molar-refractivity contribution in [1.29, 1.82) is 0 Å². The molecular formula is C22H18N4O3. The predicted octanol–water partition coefficient (Wildman–Crippen LogP) is 1.67. The van der Waals surface area contributed by atoms with E-state index in [1.807, 2.05) is 47.2 Å². The van der Waals surface area contributed by atoms with Gasteiger partial charge in [0.1, 0.15) is 12.0 Å². The minimum atomic E-state index is -0.637. The first-order valence-corrected chi connectivity index (χ1v) is 9.10. The molecule has 4 aromatic rings. The maximum atomic E-state index is 12.6. The van der Waals surface area contributed by atoms with Crippen LogP contribution in [0.5, 0.6) is 0 Å². The third-order valence-electron chi connectivity index (χ3n) is 4.55. The molecular weight excluding hydrogens is 368 g/mol. The Labute approximate surface area is 165 Å². The minimum absolute atomic E-state index is 0.268. The van der Waals surface area contributed by atoms with Crippen molar-refractivity contribution < 1.29 is 4.79 Å². The number of benzene rings is 2. The number of carbonyl (C=O) groups excluding carboxylic acids is 1. The Kier molecular flexibility index (Phi) is 5.03. The fraction of sp³-hybridized carbons (Fsp3) is 0.0909. The van der Waals surface area contributed by atoms with Crippen LogP contribution in [0.4, 0.5) is 0 Å². The van der Waals surface area contributed by atoms with Crippen LogP contribution in [0.25, 0.3) is 10.9 Å². The molecule has 0 radical (unpaired) electrons. The molecule has 0 unspecified atom stereocenters. The molecule has 1 amide bonds. The second-order valence-corrected chi connectivity index (χ2v) is 6.54. The maximum Gasteiger partial charge on any atom is 0.329 e. The molecule has 0 fully saturated rings. The molecule has 7 heteroatoms. The van der Waals surface area contributed by atoms with E-state index < -0.39 is 17.2 Å². The molecule has 2 aromatic carbocycles. The molecule has 0 saturated carbocycles. The Hall–Kier alpha value is -4.00. The Morgan fingerprint density at radius 1 is 0.897 bits per heavy atom. The van der Waals surface area contributed by atoms with E-state index in [1.165, 1.54) is 4.57 Å². The van der Waals surface area contributed by atoms with E-state index in [2.05, 4.69) is 9.98 Å². The van der Waals surface area contributed by atoms with E-state index in [0.717, 1.165) is 5.56 Å². The number of aromatic nitrogens is 3. The van der Waals surface area contributed by atoms with Crippen LogP contribution in [0.3, 0.4) is 0 Å². The Balaban J connectivity index is 1.70. The summed E-state index contributed by atoms with van der Waals surface area (Å²) in [6, 6.07) is 21.9. The number of carbonyl (C=O) groups is 1. The minimum Gasteiger partial charge on any atom is -0.328 e. The number of H-pyrrole nitrogens is 1. The van der Waals surface area contributed by atoms with Gasteiger partial charge in [0.2, 0.25) is 0 Å². The van der Waals surface area contributed by atoms with Crippen molar-refractivity contribution >= 4 is 16.8 Å². The van der Waals surface area contributed by atoms with Crippen molar-refractivity contribution in [3.8, 4) is 0 Å². The average Bonchev–Trinajstić information content (AvgIpc) is 2.73. The second kappa shape index (κ2) is 7.93. The van der Waals surface area contributed by atoms with Gasteiger partial charge >= 0.3 is 5.69 Å². The highest BCUT2D eigenvalue weighted by molar-refractivity contribution is 5.81. The van der Waals surface area contributed by atoms with Crippen molar-refractivity contribution in [3.05, 3.63) is 111 Å². The lowest BCUT2D eigenvalue weighted by molar-refractivity contribution is -0.118. The van der Waals surface area contributed by atoms with Crippen LogP contribution in [0, 0.1) is 0 Å². The van der Waals surface area contributed by atoms with Crippen molar-refractivity contribution in [1.82, 2.24) is 14.1 Å². The maximum absolute atomic E-state index is 12.6. The topological polar surface area (TPSA) is 89.2 Å². The zero-order valence-electron chi connectivity index (χ0n) is 15.5. The molecule has 0 bridgehead atoms. The van der Waals surface area contributed by atoms with Gasteiger partial charge in [-0.3, -0.25) is 19.1 Å². The number of fused-ring (bicyclic) bond motifs is 1. The van der Waals surface area contributed by atoms with Gasteiger partial charge in [0, 0.05) is 12.7 Å². The first-order chi connectivity index (χ1) is 14.1. The van der Waals surface area contributed by atoms with Crippen LogP contribution in [0.15, 0.2) is 93.6 Å². The third kappa shape index (κ3) is 3.98.